The Morgan fingerprint density at radius 1 is 1.20 bits per heavy atom. The molecule has 2 atom stereocenters. The van der Waals surface area contributed by atoms with Gasteiger partial charge in [-0.15, -0.1) is 0 Å². The van der Waals surface area contributed by atoms with Crippen LogP contribution in [0, 0.1) is 0 Å². The molecule has 10 heteroatoms. The summed E-state index contributed by atoms with van der Waals surface area (Å²) in [5, 5.41) is 7.63. The van der Waals surface area contributed by atoms with E-state index in [1.165, 1.54) is 6.20 Å². The van der Waals surface area contributed by atoms with Gasteiger partial charge < -0.3 is 20.7 Å². The number of ketones is 1. The summed E-state index contributed by atoms with van der Waals surface area (Å²) in [7, 11) is 0. The van der Waals surface area contributed by atoms with Crippen LogP contribution >= 0.6 is 11.5 Å². The Hall–Kier alpha value is -3.27. The molecule has 30 heavy (non-hydrogen) atoms. The van der Waals surface area contributed by atoms with Crippen LogP contribution in [0.25, 0.3) is 0 Å². The van der Waals surface area contributed by atoms with Crippen LogP contribution in [-0.2, 0) is 25.7 Å². The maximum atomic E-state index is 12.9. The average Bonchev–Trinajstić information content (AvgIpc) is 3.28. The number of carbonyl (C=O) groups is 4. The third-order valence-electron chi connectivity index (χ3n) is 4.54. The van der Waals surface area contributed by atoms with Gasteiger partial charge in [-0.2, -0.15) is 0 Å². The van der Waals surface area contributed by atoms with Crippen LogP contribution in [0.15, 0.2) is 42.6 Å². The van der Waals surface area contributed by atoms with Gasteiger partial charge in [0.15, 0.2) is 0 Å². The second-order valence-electron chi connectivity index (χ2n) is 6.73. The Labute approximate surface area is 177 Å². The normalized spacial score (nSPS) is 17.8. The lowest BCUT2D eigenvalue weighted by atomic mass is 10.0. The van der Waals surface area contributed by atoms with Crippen molar-refractivity contribution in [3.8, 4) is 0 Å². The molecule has 1 aliphatic rings. The summed E-state index contributed by atoms with van der Waals surface area (Å²) in [6.07, 6.45) is 2.47. The Balaban J connectivity index is 1.65. The molecule has 2 heterocycles. The topological polar surface area (TPSA) is 126 Å². The smallest absolute Gasteiger partial charge is 0.408 e. The largest absolute Gasteiger partial charge is 0.445 e. The fourth-order valence-corrected chi connectivity index (χ4v) is 3.60. The number of nitrogens with one attached hydrogen (secondary N) is 3. The molecule has 3 amide bonds. The maximum Gasteiger partial charge on any atom is 0.408 e. The van der Waals surface area contributed by atoms with Crippen LogP contribution in [0.4, 0.5) is 4.79 Å². The first kappa shape index (κ1) is 21.4. The number of benzene rings is 1. The van der Waals surface area contributed by atoms with Gasteiger partial charge >= 0.3 is 6.09 Å². The van der Waals surface area contributed by atoms with Crippen molar-refractivity contribution in [2.75, 3.05) is 6.54 Å². The van der Waals surface area contributed by atoms with E-state index in [1.54, 1.807) is 6.07 Å². The molecule has 9 nitrogen and oxygen atoms in total. The Bertz CT molecular complexity index is 888. The SMILES string of the molecule is O=C(NC(C(=O)NC1CCCCNC(=O)C1=O)c1ccns1)OCc1ccccc1. The van der Waals surface area contributed by atoms with Crippen molar-refractivity contribution in [1.29, 1.82) is 0 Å². The van der Waals surface area contributed by atoms with Gasteiger partial charge in [-0.25, -0.2) is 9.17 Å². The molecule has 0 radical (unpaired) electrons. The van der Waals surface area contributed by atoms with Crippen LogP contribution in [0.2, 0.25) is 0 Å². The minimum atomic E-state index is -1.10. The van der Waals surface area contributed by atoms with Crippen molar-refractivity contribution in [3.05, 3.63) is 53.0 Å². The standard InChI is InChI=1S/C20H22N4O5S/c25-17-14(8-4-5-10-21-19(17)27)23-18(26)16(15-9-11-22-30-15)24-20(28)29-12-13-6-2-1-3-7-13/h1-3,6-7,9,11,14,16H,4-5,8,10,12H2,(H,21,27)(H,23,26)(H,24,28). The fraction of sp³-hybridized carbons (Fsp3) is 0.350. The van der Waals surface area contributed by atoms with E-state index in [1.807, 2.05) is 30.3 Å². The molecule has 1 aromatic carbocycles. The van der Waals surface area contributed by atoms with Gasteiger partial charge in [-0.1, -0.05) is 30.3 Å². The predicted octanol–water partition coefficient (Wildman–Crippen LogP) is 1.46. The number of Topliss-reactive ketones (excluding diaryl/α,β-unsaturated/α-hetero) is 1. The third-order valence-corrected chi connectivity index (χ3v) is 5.35. The van der Waals surface area contributed by atoms with Crippen molar-refractivity contribution >= 4 is 35.2 Å². The Kier molecular flexibility index (Phi) is 7.50. The highest BCUT2D eigenvalue weighted by molar-refractivity contribution is 7.05. The van der Waals surface area contributed by atoms with Gasteiger partial charge in [0.25, 0.3) is 5.91 Å². The number of amides is 3. The lowest BCUT2D eigenvalue weighted by molar-refractivity contribution is -0.140. The molecule has 1 aromatic heterocycles. The van der Waals surface area contributed by atoms with Crippen LogP contribution in [0.5, 0.6) is 0 Å². The van der Waals surface area contributed by atoms with Gasteiger partial charge in [0.2, 0.25) is 11.7 Å². The van der Waals surface area contributed by atoms with E-state index in [0.29, 0.717) is 30.7 Å². The van der Waals surface area contributed by atoms with Crippen LogP contribution in [-0.4, -0.2) is 40.7 Å². The van der Waals surface area contributed by atoms with E-state index in [-0.39, 0.29) is 6.61 Å². The van der Waals surface area contributed by atoms with Gasteiger partial charge in [0.1, 0.15) is 12.6 Å². The van der Waals surface area contributed by atoms with Crippen molar-refractivity contribution in [2.24, 2.45) is 0 Å². The van der Waals surface area contributed by atoms with Crippen LogP contribution < -0.4 is 16.0 Å². The summed E-state index contributed by atoms with van der Waals surface area (Å²) in [6, 6.07) is 8.68. The average molecular weight is 430 g/mol. The highest BCUT2D eigenvalue weighted by Gasteiger charge is 2.32. The number of hydrogen-bond acceptors (Lipinski definition) is 7. The number of ether oxygens (including phenoxy) is 1. The van der Waals surface area contributed by atoms with E-state index < -0.39 is 35.8 Å². The van der Waals surface area contributed by atoms with Crippen LogP contribution in [0.1, 0.15) is 35.7 Å². The molecule has 0 bridgehead atoms. The molecule has 2 aromatic rings. The number of aromatic nitrogens is 1. The molecule has 0 spiro atoms. The summed E-state index contributed by atoms with van der Waals surface area (Å²) in [6.45, 7) is 0.481. The van der Waals surface area contributed by atoms with Crippen LogP contribution in [0.3, 0.4) is 0 Å². The zero-order valence-electron chi connectivity index (χ0n) is 16.1. The number of alkyl carbamates (subject to hydrolysis) is 1. The zero-order valence-corrected chi connectivity index (χ0v) is 16.9. The molecular weight excluding hydrogens is 408 g/mol. The molecule has 1 aliphatic heterocycles. The quantitative estimate of drug-likeness (QED) is 0.596. The molecule has 3 rings (SSSR count). The summed E-state index contributed by atoms with van der Waals surface area (Å²) in [5.41, 5.74) is 0.803. The second kappa shape index (κ2) is 10.5. The fourth-order valence-electron chi connectivity index (χ4n) is 2.97. The third kappa shape index (κ3) is 5.86. The number of nitrogens with zero attached hydrogens (tertiary/aromatic N) is 1. The van der Waals surface area contributed by atoms with Gasteiger partial charge in [-0.3, -0.25) is 14.4 Å². The number of rotatable bonds is 6. The van der Waals surface area contributed by atoms with E-state index in [9.17, 15) is 19.2 Å². The first-order chi connectivity index (χ1) is 14.5. The molecule has 2 unspecified atom stereocenters. The number of carbonyl (C=O) groups excluding carboxylic acids is 4. The summed E-state index contributed by atoms with van der Waals surface area (Å²) in [4.78, 5) is 49.8. The van der Waals surface area contributed by atoms with Gasteiger partial charge in [0.05, 0.1) is 10.9 Å². The first-order valence-electron chi connectivity index (χ1n) is 9.55. The highest BCUT2D eigenvalue weighted by atomic mass is 32.1. The van der Waals surface area contributed by atoms with Gasteiger partial charge in [0, 0.05) is 12.7 Å². The van der Waals surface area contributed by atoms with Crippen molar-refractivity contribution < 1.29 is 23.9 Å². The summed E-state index contributed by atoms with van der Waals surface area (Å²) < 4.78 is 9.16. The monoisotopic (exact) mass is 430 g/mol. The molecular formula is C20H22N4O5S. The minimum Gasteiger partial charge on any atom is -0.445 e. The van der Waals surface area contributed by atoms with E-state index in [2.05, 4.69) is 20.3 Å². The highest BCUT2D eigenvalue weighted by Crippen LogP contribution is 2.18. The van der Waals surface area contributed by atoms with Crippen molar-refractivity contribution in [2.45, 2.75) is 38.0 Å². The van der Waals surface area contributed by atoms with Gasteiger partial charge in [-0.05, 0) is 42.4 Å². The van der Waals surface area contributed by atoms with E-state index >= 15 is 0 Å². The Morgan fingerprint density at radius 2 is 2.00 bits per heavy atom. The minimum absolute atomic E-state index is 0.0466. The summed E-state index contributed by atoms with van der Waals surface area (Å²) in [5.74, 6) is -2.02. The van der Waals surface area contributed by atoms with Crippen molar-refractivity contribution in [3.63, 3.8) is 0 Å². The predicted molar refractivity (Wildman–Crippen MR) is 108 cm³/mol. The molecule has 0 saturated carbocycles. The number of hydrogen-bond donors (Lipinski definition) is 3. The van der Waals surface area contributed by atoms with Crippen molar-refractivity contribution in [1.82, 2.24) is 20.3 Å². The zero-order chi connectivity index (χ0) is 21.3. The summed E-state index contributed by atoms with van der Waals surface area (Å²) >= 11 is 1.04. The first-order valence-corrected chi connectivity index (χ1v) is 10.3. The molecule has 1 fully saturated rings. The van der Waals surface area contributed by atoms with E-state index in [4.69, 9.17) is 4.74 Å². The molecule has 3 N–H and O–H groups in total. The van der Waals surface area contributed by atoms with E-state index in [0.717, 1.165) is 17.1 Å². The molecule has 0 aliphatic carbocycles. The second-order valence-corrected chi connectivity index (χ2v) is 7.60. The molecule has 1 saturated heterocycles. The lowest BCUT2D eigenvalue weighted by Crippen LogP contribution is -2.51. The lowest BCUT2D eigenvalue weighted by Gasteiger charge is -2.23. The maximum absolute atomic E-state index is 12.9. The molecule has 158 valence electrons. The Morgan fingerprint density at radius 3 is 2.73 bits per heavy atom.